The number of benzene rings is 2. The van der Waals surface area contributed by atoms with Gasteiger partial charge in [-0.05, 0) is 36.7 Å². The van der Waals surface area contributed by atoms with Gasteiger partial charge in [0.05, 0.1) is 12.6 Å². The second kappa shape index (κ2) is 5.64. The monoisotopic (exact) mass is 273 g/mol. The highest BCUT2D eigenvalue weighted by Gasteiger charge is 2.19. The first-order valence-electron chi connectivity index (χ1n) is 6.55. The van der Waals surface area contributed by atoms with Gasteiger partial charge in [-0.1, -0.05) is 41.9 Å². The third-order valence-electron chi connectivity index (χ3n) is 3.36. The largest absolute Gasteiger partial charge is 0.493 e. The highest BCUT2D eigenvalue weighted by Crippen LogP contribution is 2.31. The molecule has 0 spiro atoms. The lowest BCUT2D eigenvalue weighted by Crippen LogP contribution is -2.27. The van der Waals surface area contributed by atoms with E-state index in [0.717, 1.165) is 30.3 Å². The van der Waals surface area contributed by atoms with Crippen LogP contribution in [-0.4, -0.2) is 13.2 Å². The first-order valence-corrected chi connectivity index (χ1v) is 6.93. The van der Waals surface area contributed by atoms with Crippen LogP contribution in [0, 0.1) is 0 Å². The molecule has 1 N–H and O–H groups in total. The Balaban J connectivity index is 2.02. The fourth-order valence-electron chi connectivity index (χ4n) is 2.41. The molecule has 1 atom stereocenters. The predicted octanol–water partition coefficient (Wildman–Crippen LogP) is 3.80. The smallest absolute Gasteiger partial charge is 0.124 e. The Bertz CT molecular complexity index is 553. The maximum absolute atomic E-state index is 5.96. The van der Waals surface area contributed by atoms with Crippen molar-refractivity contribution in [2.24, 2.45) is 0 Å². The number of rotatable bonds is 1. The standard InChI is InChI=1S/C16H16ClNO/c17-13-8-6-12(7-9-13)16-14-4-1-2-5-15(14)19-11-3-10-18-16/h1-2,4-9,16,18H,3,10-11H2. The molecule has 19 heavy (non-hydrogen) atoms. The third kappa shape index (κ3) is 2.75. The second-order valence-electron chi connectivity index (χ2n) is 4.68. The van der Waals surface area contributed by atoms with Crippen LogP contribution in [0.3, 0.4) is 0 Å². The molecule has 0 aliphatic carbocycles. The molecular weight excluding hydrogens is 258 g/mol. The van der Waals surface area contributed by atoms with Crippen LogP contribution in [0.15, 0.2) is 48.5 Å². The molecule has 3 heteroatoms. The molecule has 0 aromatic heterocycles. The van der Waals surface area contributed by atoms with E-state index in [1.54, 1.807) is 0 Å². The first-order chi connectivity index (χ1) is 9.34. The Hall–Kier alpha value is -1.51. The summed E-state index contributed by atoms with van der Waals surface area (Å²) < 4.78 is 5.84. The summed E-state index contributed by atoms with van der Waals surface area (Å²) in [5.74, 6) is 0.967. The summed E-state index contributed by atoms with van der Waals surface area (Å²) in [4.78, 5) is 0. The number of hydrogen-bond donors (Lipinski definition) is 1. The molecule has 0 amide bonds. The molecule has 1 unspecified atom stereocenters. The highest BCUT2D eigenvalue weighted by atomic mass is 35.5. The van der Waals surface area contributed by atoms with Crippen LogP contribution in [0.25, 0.3) is 0 Å². The van der Waals surface area contributed by atoms with Crippen molar-refractivity contribution in [3.63, 3.8) is 0 Å². The molecule has 3 rings (SSSR count). The minimum Gasteiger partial charge on any atom is -0.493 e. The van der Waals surface area contributed by atoms with Gasteiger partial charge in [0.2, 0.25) is 0 Å². The minimum absolute atomic E-state index is 0.161. The fraction of sp³-hybridized carbons (Fsp3) is 0.250. The predicted molar refractivity (Wildman–Crippen MR) is 77.9 cm³/mol. The van der Waals surface area contributed by atoms with Crippen LogP contribution in [-0.2, 0) is 0 Å². The van der Waals surface area contributed by atoms with E-state index in [1.165, 1.54) is 11.1 Å². The lowest BCUT2D eigenvalue weighted by atomic mass is 9.97. The van der Waals surface area contributed by atoms with Crippen LogP contribution in [0.1, 0.15) is 23.6 Å². The van der Waals surface area contributed by atoms with Crippen LogP contribution in [0.5, 0.6) is 5.75 Å². The van der Waals surface area contributed by atoms with E-state index in [2.05, 4.69) is 23.5 Å². The van der Waals surface area contributed by atoms with Crippen molar-refractivity contribution in [1.29, 1.82) is 0 Å². The summed E-state index contributed by atoms with van der Waals surface area (Å²) in [5, 5.41) is 4.35. The SMILES string of the molecule is Clc1ccc(C2NCCCOc3ccccc32)cc1. The molecule has 2 aromatic rings. The van der Waals surface area contributed by atoms with Gasteiger partial charge >= 0.3 is 0 Å². The maximum atomic E-state index is 5.96. The van der Waals surface area contributed by atoms with Gasteiger partial charge in [-0.2, -0.15) is 0 Å². The zero-order valence-corrected chi connectivity index (χ0v) is 11.4. The van der Waals surface area contributed by atoms with Gasteiger partial charge in [0.25, 0.3) is 0 Å². The number of nitrogens with one attached hydrogen (secondary N) is 1. The highest BCUT2D eigenvalue weighted by molar-refractivity contribution is 6.30. The lowest BCUT2D eigenvalue weighted by Gasteiger charge is -2.25. The van der Waals surface area contributed by atoms with Crippen molar-refractivity contribution in [1.82, 2.24) is 5.32 Å². The summed E-state index contributed by atoms with van der Waals surface area (Å²) in [6, 6.07) is 16.4. The van der Waals surface area contributed by atoms with E-state index in [-0.39, 0.29) is 6.04 Å². The number of fused-ring (bicyclic) bond motifs is 1. The number of hydrogen-bond acceptors (Lipinski definition) is 2. The van der Waals surface area contributed by atoms with E-state index in [4.69, 9.17) is 16.3 Å². The topological polar surface area (TPSA) is 21.3 Å². The van der Waals surface area contributed by atoms with Crippen molar-refractivity contribution >= 4 is 11.6 Å². The average Bonchev–Trinajstić information content (AvgIpc) is 2.42. The first kappa shape index (κ1) is 12.5. The minimum atomic E-state index is 0.161. The summed E-state index contributed by atoms with van der Waals surface area (Å²) in [7, 11) is 0. The van der Waals surface area contributed by atoms with Crippen LogP contribution in [0.4, 0.5) is 0 Å². The molecule has 0 saturated heterocycles. The molecule has 2 nitrogen and oxygen atoms in total. The molecular formula is C16H16ClNO. The van der Waals surface area contributed by atoms with Crippen molar-refractivity contribution in [3.8, 4) is 5.75 Å². The molecule has 1 aliphatic rings. The molecule has 0 fully saturated rings. The Morgan fingerprint density at radius 2 is 1.84 bits per heavy atom. The van der Waals surface area contributed by atoms with Gasteiger partial charge in [0.15, 0.2) is 0 Å². The van der Waals surface area contributed by atoms with Crippen molar-refractivity contribution in [2.45, 2.75) is 12.5 Å². The van der Waals surface area contributed by atoms with Gasteiger partial charge in [-0.3, -0.25) is 0 Å². The van der Waals surface area contributed by atoms with Crippen molar-refractivity contribution < 1.29 is 4.74 Å². The molecule has 0 bridgehead atoms. The summed E-state index contributed by atoms with van der Waals surface area (Å²) in [5.41, 5.74) is 2.40. The zero-order chi connectivity index (χ0) is 13.1. The van der Waals surface area contributed by atoms with E-state index in [9.17, 15) is 0 Å². The van der Waals surface area contributed by atoms with Crippen LogP contribution >= 0.6 is 11.6 Å². The number of ether oxygens (including phenoxy) is 1. The molecule has 1 aliphatic heterocycles. The third-order valence-corrected chi connectivity index (χ3v) is 3.61. The normalized spacial score (nSPS) is 18.9. The molecule has 2 aromatic carbocycles. The fourth-order valence-corrected chi connectivity index (χ4v) is 2.54. The lowest BCUT2D eigenvalue weighted by molar-refractivity contribution is 0.290. The second-order valence-corrected chi connectivity index (χ2v) is 5.11. The zero-order valence-electron chi connectivity index (χ0n) is 10.6. The molecule has 0 radical (unpaired) electrons. The van der Waals surface area contributed by atoms with Gasteiger partial charge in [0, 0.05) is 10.6 Å². The van der Waals surface area contributed by atoms with Crippen LogP contribution < -0.4 is 10.1 Å². The van der Waals surface area contributed by atoms with E-state index in [1.807, 2.05) is 30.3 Å². The molecule has 1 heterocycles. The summed E-state index contributed by atoms with van der Waals surface area (Å²) in [6.45, 7) is 1.71. The number of halogens is 1. The Kier molecular flexibility index (Phi) is 3.72. The van der Waals surface area contributed by atoms with Gasteiger partial charge in [0.1, 0.15) is 5.75 Å². The van der Waals surface area contributed by atoms with Gasteiger partial charge < -0.3 is 10.1 Å². The van der Waals surface area contributed by atoms with Gasteiger partial charge in [-0.15, -0.1) is 0 Å². The maximum Gasteiger partial charge on any atom is 0.124 e. The quantitative estimate of drug-likeness (QED) is 0.853. The summed E-state index contributed by atoms with van der Waals surface area (Å²) in [6.07, 6.45) is 1.01. The van der Waals surface area contributed by atoms with Gasteiger partial charge in [-0.25, -0.2) is 0 Å². The Morgan fingerprint density at radius 3 is 2.68 bits per heavy atom. The summed E-state index contributed by atoms with van der Waals surface area (Å²) >= 11 is 5.96. The van der Waals surface area contributed by atoms with E-state index >= 15 is 0 Å². The van der Waals surface area contributed by atoms with Crippen LogP contribution in [0.2, 0.25) is 5.02 Å². The van der Waals surface area contributed by atoms with E-state index < -0.39 is 0 Å². The van der Waals surface area contributed by atoms with E-state index in [0.29, 0.717) is 0 Å². The molecule has 98 valence electrons. The Labute approximate surface area is 118 Å². The van der Waals surface area contributed by atoms with Crippen molar-refractivity contribution in [3.05, 3.63) is 64.7 Å². The number of para-hydroxylation sites is 1. The molecule has 0 saturated carbocycles. The average molecular weight is 274 g/mol. The Morgan fingerprint density at radius 1 is 1.05 bits per heavy atom. The van der Waals surface area contributed by atoms with Crippen molar-refractivity contribution in [2.75, 3.05) is 13.2 Å².